The monoisotopic (exact) mass is 297 g/mol. The van der Waals surface area contributed by atoms with E-state index in [-0.39, 0.29) is 23.7 Å². The smallest absolute Gasteiger partial charge is 0.131 e. The Morgan fingerprint density at radius 3 is 2.35 bits per heavy atom. The van der Waals surface area contributed by atoms with Crippen LogP contribution in [0.15, 0.2) is 48.5 Å². The molecule has 0 unspecified atom stereocenters. The summed E-state index contributed by atoms with van der Waals surface area (Å²) < 4.78 is 13.6. The molecule has 0 fully saturated rings. The van der Waals surface area contributed by atoms with Crippen LogP contribution in [-0.2, 0) is 6.42 Å². The molecule has 5 heteroatoms. The van der Waals surface area contributed by atoms with E-state index in [1.54, 1.807) is 0 Å². The Morgan fingerprint density at radius 2 is 1.75 bits per heavy atom. The van der Waals surface area contributed by atoms with Crippen LogP contribution < -0.4 is 5.73 Å². The molecular formula is C15H17ClFNO2. The molecule has 20 heavy (non-hydrogen) atoms. The van der Waals surface area contributed by atoms with Crippen LogP contribution in [0, 0.1) is 5.82 Å². The van der Waals surface area contributed by atoms with Gasteiger partial charge in [-0.15, -0.1) is 12.4 Å². The first kappa shape index (κ1) is 16.4. The highest BCUT2D eigenvalue weighted by atomic mass is 35.5. The van der Waals surface area contributed by atoms with Gasteiger partial charge in [0.1, 0.15) is 11.6 Å². The fourth-order valence-electron chi connectivity index (χ4n) is 1.98. The highest BCUT2D eigenvalue weighted by Gasteiger charge is 2.20. The van der Waals surface area contributed by atoms with Crippen molar-refractivity contribution in [1.29, 1.82) is 0 Å². The summed E-state index contributed by atoms with van der Waals surface area (Å²) in [5.74, 6) is -0.773. The van der Waals surface area contributed by atoms with Crippen molar-refractivity contribution in [1.82, 2.24) is 0 Å². The zero-order valence-corrected chi connectivity index (χ0v) is 11.6. The fraction of sp³-hybridized carbons (Fsp3) is 0.200. The maximum atomic E-state index is 13.6. The molecule has 0 radical (unpaired) electrons. The average Bonchev–Trinajstić information content (AvgIpc) is 2.39. The summed E-state index contributed by atoms with van der Waals surface area (Å²) in [5, 5.41) is 19.2. The van der Waals surface area contributed by atoms with E-state index in [1.165, 1.54) is 12.1 Å². The van der Waals surface area contributed by atoms with Crippen LogP contribution in [0.5, 0.6) is 5.75 Å². The van der Waals surface area contributed by atoms with Gasteiger partial charge >= 0.3 is 0 Å². The number of hydrogen-bond acceptors (Lipinski definition) is 3. The average molecular weight is 298 g/mol. The van der Waals surface area contributed by atoms with Gasteiger partial charge in [-0.2, -0.15) is 0 Å². The van der Waals surface area contributed by atoms with E-state index in [4.69, 9.17) is 10.8 Å². The minimum absolute atomic E-state index is 0. The van der Waals surface area contributed by atoms with Gasteiger partial charge in [-0.3, -0.25) is 0 Å². The molecule has 3 nitrogen and oxygen atoms in total. The van der Waals surface area contributed by atoms with Crippen molar-refractivity contribution in [3.8, 4) is 5.75 Å². The van der Waals surface area contributed by atoms with Crippen molar-refractivity contribution in [2.75, 3.05) is 0 Å². The molecule has 0 saturated heterocycles. The number of aliphatic hydroxyl groups excluding tert-OH is 1. The van der Waals surface area contributed by atoms with E-state index in [0.29, 0.717) is 6.42 Å². The predicted molar refractivity (Wildman–Crippen MR) is 78.4 cm³/mol. The standard InChI is InChI=1S/C15H16FNO2.ClH/c16-13-9-11(18)6-7-12(13)15(17)14(19)8-10-4-2-1-3-5-10;/h1-7,9,14-15,18-19H,8,17H2;1H/t14-,15+;/m1./s1. The lowest BCUT2D eigenvalue weighted by Gasteiger charge is -2.20. The lowest BCUT2D eigenvalue weighted by molar-refractivity contribution is 0.143. The van der Waals surface area contributed by atoms with E-state index in [9.17, 15) is 9.50 Å². The van der Waals surface area contributed by atoms with Gasteiger partial charge < -0.3 is 15.9 Å². The Labute approximate surface area is 123 Å². The lowest BCUT2D eigenvalue weighted by atomic mass is 9.96. The van der Waals surface area contributed by atoms with E-state index in [2.05, 4.69) is 0 Å². The van der Waals surface area contributed by atoms with Crippen molar-refractivity contribution in [2.24, 2.45) is 5.73 Å². The molecule has 2 aromatic rings. The van der Waals surface area contributed by atoms with Gasteiger partial charge in [0.05, 0.1) is 12.1 Å². The Hall–Kier alpha value is -1.62. The summed E-state index contributed by atoms with van der Waals surface area (Å²) in [6, 6.07) is 12.3. The van der Waals surface area contributed by atoms with Crippen LogP contribution in [0.2, 0.25) is 0 Å². The van der Waals surface area contributed by atoms with E-state index in [0.717, 1.165) is 11.6 Å². The summed E-state index contributed by atoms with van der Waals surface area (Å²) in [4.78, 5) is 0. The van der Waals surface area contributed by atoms with Gasteiger partial charge in [0.2, 0.25) is 0 Å². The number of phenolic OH excluding ortho intramolecular Hbond substituents is 1. The summed E-state index contributed by atoms with van der Waals surface area (Å²) in [6.07, 6.45) is -0.538. The number of rotatable bonds is 4. The third kappa shape index (κ3) is 3.93. The molecular weight excluding hydrogens is 281 g/mol. The van der Waals surface area contributed by atoms with Crippen LogP contribution >= 0.6 is 12.4 Å². The number of benzene rings is 2. The van der Waals surface area contributed by atoms with E-state index in [1.807, 2.05) is 30.3 Å². The van der Waals surface area contributed by atoms with Crippen LogP contribution in [0.1, 0.15) is 17.2 Å². The molecule has 0 spiro atoms. The maximum Gasteiger partial charge on any atom is 0.131 e. The highest BCUT2D eigenvalue weighted by molar-refractivity contribution is 5.85. The van der Waals surface area contributed by atoms with Gasteiger partial charge in [0.25, 0.3) is 0 Å². The van der Waals surface area contributed by atoms with Gasteiger partial charge in [-0.05, 0) is 11.6 Å². The predicted octanol–water partition coefficient (Wildman–Crippen LogP) is 2.56. The second-order valence-electron chi connectivity index (χ2n) is 4.49. The third-order valence-corrected chi connectivity index (χ3v) is 3.05. The topological polar surface area (TPSA) is 66.5 Å². The van der Waals surface area contributed by atoms with Crippen LogP contribution in [-0.4, -0.2) is 16.3 Å². The summed E-state index contributed by atoms with van der Waals surface area (Å²) in [6.45, 7) is 0. The number of nitrogens with two attached hydrogens (primary N) is 1. The zero-order chi connectivity index (χ0) is 13.8. The molecule has 2 rings (SSSR count). The fourth-order valence-corrected chi connectivity index (χ4v) is 1.98. The van der Waals surface area contributed by atoms with Crippen LogP contribution in [0.25, 0.3) is 0 Å². The first-order valence-electron chi connectivity index (χ1n) is 6.04. The molecule has 4 N–H and O–H groups in total. The van der Waals surface area contributed by atoms with Gasteiger partial charge in [0, 0.05) is 18.1 Å². The van der Waals surface area contributed by atoms with Crippen LogP contribution in [0.4, 0.5) is 4.39 Å². The molecule has 0 amide bonds. The first-order valence-corrected chi connectivity index (χ1v) is 6.04. The Bertz CT molecular complexity index is 551. The summed E-state index contributed by atoms with van der Waals surface area (Å²) in [5.41, 5.74) is 7.00. The molecule has 0 aliphatic heterocycles. The molecule has 0 heterocycles. The molecule has 108 valence electrons. The summed E-state index contributed by atoms with van der Waals surface area (Å²) >= 11 is 0. The molecule has 0 bridgehead atoms. The van der Waals surface area contributed by atoms with E-state index < -0.39 is 18.0 Å². The largest absolute Gasteiger partial charge is 0.508 e. The minimum Gasteiger partial charge on any atom is -0.508 e. The number of hydrogen-bond donors (Lipinski definition) is 3. The maximum absolute atomic E-state index is 13.6. The molecule has 0 aromatic heterocycles. The second-order valence-corrected chi connectivity index (χ2v) is 4.49. The van der Waals surface area contributed by atoms with Crippen LogP contribution in [0.3, 0.4) is 0 Å². The molecule has 0 aliphatic rings. The second kappa shape index (κ2) is 7.24. The Kier molecular flexibility index (Phi) is 5.95. The Balaban J connectivity index is 0.00000200. The van der Waals surface area contributed by atoms with Crippen molar-refractivity contribution in [2.45, 2.75) is 18.6 Å². The van der Waals surface area contributed by atoms with Crippen molar-refractivity contribution >= 4 is 12.4 Å². The van der Waals surface area contributed by atoms with E-state index >= 15 is 0 Å². The molecule has 0 aliphatic carbocycles. The van der Waals surface area contributed by atoms with Gasteiger partial charge in [0.15, 0.2) is 0 Å². The SMILES string of the molecule is Cl.N[C@@H](c1ccc(O)cc1F)[C@H](O)Cc1ccccc1. The zero-order valence-electron chi connectivity index (χ0n) is 10.7. The number of aliphatic hydroxyl groups is 1. The highest BCUT2D eigenvalue weighted by Crippen LogP contribution is 2.23. The minimum atomic E-state index is -0.888. The number of halogens is 2. The number of aromatic hydroxyl groups is 1. The van der Waals surface area contributed by atoms with Gasteiger partial charge in [-0.25, -0.2) is 4.39 Å². The molecule has 2 atom stereocenters. The third-order valence-electron chi connectivity index (χ3n) is 3.05. The van der Waals surface area contributed by atoms with Gasteiger partial charge in [-0.1, -0.05) is 36.4 Å². The molecule has 0 saturated carbocycles. The lowest BCUT2D eigenvalue weighted by Crippen LogP contribution is -2.28. The quantitative estimate of drug-likeness (QED) is 0.812. The Morgan fingerprint density at radius 1 is 1.10 bits per heavy atom. The van der Waals surface area contributed by atoms with Crippen molar-refractivity contribution in [3.05, 3.63) is 65.5 Å². The number of phenols is 1. The van der Waals surface area contributed by atoms with Crippen molar-refractivity contribution < 1.29 is 14.6 Å². The normalized spacial score (nSPS) is 13.3. The van der Waals surface area contributed by atoms with Crippen molar-refractivity contribution in [3.63, 3.8) is 0 Å². The molecule has 2 aromatic carbocycles. The first-order chi connectivity index (χ1) is 9.08. The summed E-state index contributed by atoms with van der Waals surface area (Å²) in [7, 11) is 0.